The number of hydrogen-bond donors (Lipinski definition) is 2. The highest BCUT2D eigenvalue weighted by molar-refractivity contribution is 6.34. The van der Waals surface area contributed by atoms with E-state index in [9.17, 15) is 4.79 Å². The molecular weight excluding hydrogens is 232 g/mol. The van der Waals surface area contributed by atoms with Crippen molar-refractivity contribution in [2.24, 2.45) is 5.84 Å². The van der Waals surface area contributed by atoms with Gasteiger partial charge in [-0.2, -0.15) is 0 Å². The van der Waals surface area contributed by atoms with Crippen molar-refractivity contribution in [3.8, 4) is 5.75 Å². The van der Waals surface area contributed by atoms with Gasteiger partial charge in [0.05, 0.1) is 23.8 Å². The van der Waals surface area contributed by atoms with Gasteiger partial charge in [0.1, 0.15) is 11.9 Å². The van der Waals surface area contributed by atoms with Gasteiger partial charge in [0, 0.05) is 0 Å². The van der Waals surface area contributed by atoms with Crippen LogP contribution in [0.2, 0.25) is 5.02 Å². The fourth-order valence-electron chi connectivity index (χ4n) is 1.31. The van der Waals surface area contributed by atoms with E-state index in [4.69, 9.17) is 26.9 Å². The summed E-state index contributed by atoms with van der Waals surface area (Å²) in [5.41, 5.74) is 2.34. The highest BCUT2D eigenvalue weighted by atomic mass is 35.5. The van der Waals surface area contributed by atoms with Crippen molar-refractivity contribution in [3.63, 3.8) is 0 Å². The SMILES string of the molecule is NNC(=O)c1ccc(OC2COC2)cc1Cl. The van der Waals surface area contributed by atoms with Crippen LogP contribution in [0, 0.1) is 0 Å². The minimum absolute atomic E-state index is 0.0743. The van der Waals surface area contributed by atoms with E-state index in [2.05, 4.69) is 0 Å². The van der Waals surface area contributed by atoms with Crippen molar-refractivity contribution in [3.05, 3.63) is 28.8 Å². The molecule has 0 aromatic heterocycles. The van der Waals surface area contributed by atoms with Crippen LogP contribution in [0.15, 0.2) is 18.2 Å². The third-order valence-electron chi connectivity index (χ3n) is 2.23. The summed E-state index contributed by atoms with van der Waals surface area (Å²) in [5, 5.41) is 0.306. The Bertz CT molecular complexity index is 407. The molecule has 5 nitrogen and oxygen atoms in total. The van der Waals surface area contributed by atoms with Crippen LogP contribution in [0.3, 0.4) is 0 Å². The Balaban J connectivity index is 2.11. The summed E-state index contributed by atoms with van der Waals surface area (Å²) in [4.78, 5) is 11.3. The molecule has 1 aliphatic rings. The molecule has 0 spiro atoms. The molecule has 0 radical (unpaired) electrons. The standard InChI is InChI=1S/C10H11ClN2O3/c11-9-3-6(16-7-4-15-5-7)1-2-8(9)10(14)13-12/h1-3,7H,4-5,12H2,(H,13,14). The molecule has 0 aliphatic carbocycles. The summed E-state index contributed by atoms with van der Waals surface area (Å²) < 4.78 is 10.5. The van der Waals surface area contributed by atoms with E-state index in [0.717, 1.165) is 0 Å². The second kappa shape index (κ2) is 4.69. The maximum atomic E-state index is 11.3. The van der Waals surface area contributed by atoms with E-state index in [1.54, 1.807) is 18.2 Å². The van der Waals surface area contributed by atoms with Crippen LogP contribution in [0.1, 0.15) is 10.4 Å². The molecule has 1 aromatic carbocycles. The first kappa shape index (κ1) is 11.2. The Morgan fingerprint density at radius 2 is 2.31 bits per heavy atom. The summed E-state index contributed by atoms with van der Waals surface area (Å²) in [7, 11) is 0. The number of amides is 1. The molecule has 3 N–H and O–H groups in total. The molecule has 16 heavy (non-hydrogen) atoms. The van der Waals surface area contributed by atoms with Gasteiger partial charge in [0.2, 0.25) is 0 Å². The quantitative estimate of drug-likeness (QED) is 0.465. The van der Waals surface area contributed by atoms with Crippen LogP contribution in [0.4, 0.5) is 0 Å². The molecule has 1 aliphatic heterocycles. The molecule has 0 unspecified atom stereocenters. The van der Waals surface area contributed by atoms with Gasteiger partial charge in [0.25, 0.3) is 5.91 Å². The highest BCUT2D eigenvalue weighted by Crippen LogP contribution is 2.24. The second-order valence-corrected chi connectivity index (χ2v) is 3.80. The average molecular weight is 243 g/mol. The number of ether oxygens (including phenoxy) is 2. The van der Waals surface area contributed by atoms with E-state index in [1.165, 1.54) is 0 Å². The van der Waals surface area contributed by atoms with Crippen LogP contribution < -0.4 is 16.0 Å². The molecule has 1 heterocycles. The molecule has 1 fully saturated rings. The molecule has 2 rings (SSSR count). The minimum Gasteiger partial charge on any atom is -0.486 e. The number of carbonyl (C=O) groups is 1. The smallest absolute Gasteiger partial charge is 0.266 e. The first-order chi connectivity index (χ1) is 7.70. The molecule has 0 atom stereocenters. The van der Waals surface area contributed by atoms with Gasteiger partial charge in [-0.15, -0.1) is 0 Å². The van der Waals surface area contributed by atoms with Crippen molar-refractivity contribution in [1.29, 1.82) is 0 Å². The Kier molecular flexibility index (Phi) is 3.28. The van der Waals surface area contributed by atoms with Crippen molar-refractivity contribution in [2.45, 2.75) is 6.10 Å². The monoisotopic (exact) mass is 242 g/mol. The van der Waals surface area contributed by atoms with Gasteiger partial charge >= 0.3 is 0 Å². The lowest BCUT2D eigenvalue weighted by Crippen LogP contribution is -2.38. The van der Waals surface area contributed by atoms with Crippen LogP contribution >= 0.6 is 11.6 Å². The molecule has 1 aromatic rings. The number of nitrogens with two attached hydrogens (primary N) is 1. The Hall–Kier alpha value is -1.30. The molecular formula is C10H11ClN2O3. The van der Waals surface area contributed by atoms with Crippen LogP contribution in [0.25, 0.3) is 0 Å². The van der Waals surface area contributed by atoms with E-state index < -0.39 is 5.91 Å². The zero-order chi connectivity index (χ0) is 11.5. The van der Waals surface area contributed by atoms with Crippen LogP contribution in [-0.2, 0) is 4.74 Å². The minimum atomic E-state index is -0.427. The zero-order valence-corrected chi connectivity index (χ0v) is 9.16. The van der Waals surface area contributed by atoms with E-state index in [-0.39, 0.29) is 6.10 Å². The van der Waals surface area contributed by atoms with Gasteiger partial charge in [-0.05, 0) is 18.2 Å². The van der Waals surface area contributed by atoms with Gasteiger partial charge < -0.3 is 9.47 Å². The lowest BCUT2D eigenvalue weighted by atomic mass is 10.2. The lowest BCUT2D eigenvalue weighted by molar-refractivity contribution is -0.0796. The van der Waals surface area contributed by atoms with Crippen molar-refractivity contribution < 1.29 is 14.3 Å². The molecule has 0 bridgehead atoms. The summed E-state index contributed by atoms with van der Waals surface area (Å²) in [6, 6.07) is 4.83. The number of nitrogen functional groups attached to an aromatic ring is 1. The first-order valence-corrected chi connectivity index (χ1v) is 5.13. The number of halogens is 1. The zero-order valence-electron chi connectivity index (χ0n) is 8.40. The van der Waals surface area contributed by atoms with E-state index >= 15 is 0 Å². The number of benzene rings is 1. The number of rotatable bonds is 3. The molecule has 6 heteroatoms. The molecule has 1 amide bonds. The van der Waals surface area contributed by atoms with Crippen molar-refractivity contribution in [1.82, 2.24) is 5.43 Å². The average Bonchev–Trinajstić information content (AvgIpc) is 2.23. The van der Waals surface area contributed by atoms with Gasteiger partial charge in [-0.1, -0.05) is 11.6 Å². The largest absolute Gasteiger partial charge is 0.486 e. The molecule has 86 valence electrons. The predicted molar refractivity (Wildman–Crippen MR) is 58.3 cm³/mol. The predicted octanol–water partition coefficient (Wildman–Crippen LogP) is 0.721. The maximum absolute atomic E-state index is 11.3. The van der Waals surface area contributed by atoms with Crippen LogP contribution in [0.5, 0.6) is 5.75 Å². The summed E-state index contributed by atoms with van der Waals surface area (Å²) in [5.74, 6) is 5.21. The number of nitrogens with one attached hydrogen (secondary N) is 1. The van der Waals surface area contributed by atoms with Crippen molar-refractivity contribution in [2.75, 3.05) is 13.2 Å². The first-order valence-electron chi connectivity index (χ1n) is 4.75. The van der Waals surface area contributed by atoms with E-state index in [1.807, 2.05) is 5.43 Å². The Morgan fingerprint density at radius 3 is 2.81 bits per heavy atom. The van der Waals surface area contributed by atoms with Crippen LogP contribution in [-0.4, -0.2) is 25.2 Å². The normalized spacial score (nSPS) is 15.4. The maximum Gasteiger partial charge on any atom is 0.266 e. The van der Waals surface area contributed by atoms with Gasteiger partial charge in [-0.3, -0.25) is 10.2 Å². The Morgan fingerprint density at radius 1 is 1.56 bits per heavy atom. The Labute approximate surface area is 97.4 Å². The van der Waals surface area contributed by atoms with Gasteiger partial charge in [0.15, 0.2) is 0 Å². The highest BCUT2D eigenvalue weighted by Gasteiger charge is 2.20. The molecule has 0 saturated carbocycles. The number of hydrogen-bond acceptors (Lipinski definition) is 4. The summed E-state index contributed by atoms with van der Waals surface area (Å²) in [6.45, 7) is 1.17. The topological polar surface area (TPSA) is 73.6 Å². The fraction of sp³-hybridized carbons (Fsp3) is 0.300. The lowest BCUT2D eigenvalue weighted by Gasteiger charge is -2.26. The summed E-state index contributed by atoms with van der Waals surface area (Å²) in [6.07, 6.45) is 0.0743. The van der Waals surface area contributed by atoms with E-state index in [0.29, 0.717) is 29.5 Å². The second-order valence-electron chi connectivity index (χ2n) is 3.39. The molecule has 1 saturated heterocycles. The third-order valence-corrected chi connectivity index (χ3v) is 2.54. The number of carbonyl (C=O) groups excluding carboxylic acids is 1. The van der Waals surface area contributed by atoms with Crippen molar-refractivity contribution >= 4 is 17.5 Å². The van der Waals surface area contributed by atoms with Gasteiger partial charge in [-0.25, -0.2) is 5.84 Å². The fourth-order valence-corrected chi connectivity index (χ4v) is 1.56. The summed E-state index contributed by atoms with van der Waals surface area (Å²) >= 11 is 5.92. The number of hydrazine groups is 1. The third kappa shape index (κ3) is 2.27.